The number of imidazole rings is 1. The molecule has 1 N–H and O–H groups in total. The molecule has 0 spiro atoms. The lowest BCUT2D eigenvalue weighted by atomic mass is 10.0. The Hall–Kier alpha value is -2.87. The number of rotatable bonds is 4. The number of aryl methyl sites for hydroxylation is 3. The highest BCUT2D eigenvalue weighted by molar-refractivity contribution is 6.29. The third-order valence-electron chi connectivity index (χ3n) is 5.01. The van der Waals surface area contributed by atoms with Crippen LogP contribution in [0.25, 0.3) is 11.2 Å². The van der Waals surface area contributed by atoms with Crippen LogP contribution in [0.1, 0.15) is 29.7 Å². The summed E-state index contributed by atoms with van der Waals surface area (Å²) in [6.07, 6.45) is 0. The van der Waals surface area contributed by atoms with Gasteiger partial charge in [-0.1, -0.05) is 18.2 Å². The van der Waals surface area contributed by atoms with Gasteiger partial charge in [-0.05, 0) is 49.1 Å². The summed E-state index contributed by atoms with van der Waals surface area (Å²) in [5.41, 5.74) is 2.51. The molecule has 148 valence electrons. The molecule has 0 unspecified atom stereocenters. The average molecular weight is 404 g/mol. The molecular weight excluding hydrogens is 382 g/mol. The van der Waals surface area contributed by atoms with Gasteiger partial charge < -0.3 is 5.32 Å². The first kappa shape index (κ1) is 19.9. The van der Waals surface area contributed by atoms with Gasteiger partial charge in [0.15, 0.2) is 11.2 Å². The van der Waals surface area contributed by atoms with Crippen molar-refractivity contribution in [2.24, 2.45) is 14.1 Å². The third kappa shape index (κ3) is 3.35. The van der Waals surface area contributed by atoms with Crippen molar-refractivity contribution in [3.05, 3.63) is 61.0 Å². The van der Waals surface area contributed by atoms with E-state index < -0.39 is 11.2 Å². The molecule has 0 aliphatic rings. The number of nitrogens with zero attached hydrogens (tertiary/aromatic N) is 4. The molecule has 2 heterocycles. The Morgan fingerprint density at radius 2 is 1.86 bits per heavy atom. The highest BCUT2D eigenvalue weighted by Crippen LogP contribution is 2.18. The van der Waals surface area contributed by atoms with Gasteiger partial charge in [-0.3, -0.25) is 23.3 Å². The quantitative estimate of drug-likeness (QED) is 0.669. The molecule has 0 radical (unpaired) electrons. The summed E-state index contributed by atoms with van der Waals surface area (Å²) < 4.78 is 3.52. The van der Waals surface area contributed by atoms with Crippen molar-refractivity contribution in [1.29, 1.82) is 0 Å². The van der Waals surface area contributed by atoms with Crippen molar-refractivity contribution in [3.63, 3.8) is 0 Å². The summed E-state index contributed by atoms with van der Waals surface area (Å²) in [7, 11) is 2.87. The fourth-order valence-corrected chi connectivity index (χ4v) is 3.34. The van der Waals surface area contributed by atoms with Crippen LogP contribution in [0.4, 0.5) is 0 Å². The Kier molecular flexibility index (Phi) is 5.16. The first-order valence-electron chi connectivity index (χ1n) is 8.80. The second-order valence-electron chi connectivity index (χ2n) is 6.98. The van der Waals surface area contributed by atoms with E-state index in [4.69, 9.17) is 11.6 Å². The van der Waals surface area contributed by atoms with E-state index in [9.17, 15) is 14.4 Å². The summed E-state index contributed by atoms with van der Waals surface area (Å²) >= 11 is 6.16. The average Bonchev–Trinajstić information content (AvgIpc) is 2.96. The van der Waals surface area contributed by atoms with E-state index in [2.05, 4.69) is 10.3 Å². The summed E-state index contributed by atoms with van der Waals surface area (Å²) in [6.45, 7) is 5.75. The van der Waals surface area contributed by atoms with Gasteiger partial charge in [0.05, 0.1) is 6.04 Å². The number of benzene rings is 1. The van der Waals surface area contributed by atoms with Crippen LogP contribution in [-0.2, 0) is 25.4 Å². The van der Waals surface area contributed by atoms with E-state index >= 15 is 0 Å². The van der Waals surface area contributed by atoms with E-state index in [1.165, 1.54) is 28.8 Å². The smallest absolute Gasteiger partial charge is 0.332 e. The molecule has 1 amide bonds. The molecule has 28 heavy (non-hydrogen) atoms. The van der Waals surface area contributed by atoms with Gasteiger partial charge in [-0.25, -0.2) is 4.79 Å². The third-order valence-corrected chi connectivity index (χ3v) is 5.30. The van der Waals surface area contributed by atoms with Crippen LogP contribution in [0.3, 0.4) is 0 Å². The first-order chi connectivity index (χ1) is 13.1. The zero-order valence-electron chi connectivity index (χ0n) is 16.4. The SMILES string of the molecule is Cc1ccc([C@@H](C)NC(=O)Cn2c(Cl)nc3c2c(=O)n(C)c(=O)n3C)cc1C. The number of fused-ring (bicyclic) bond motifs is 1. The van der Waals surface area contributed by atoms with Crippen molar-refractivity contribution in [2.75, 3.05) is 0 Å². The number of halogens is 1. The van der Waals surface area contributed by atoms with Gasteiger partial charge >= 0.3 is 5.69 Å². The standard InChI is InChI=1S/C19H22ClN5O3/c1-10-6-7-13(8-11(10)2)12(3)21-14(26)9-25-15-16(22-18(25)20)23(4)19(28)24(5)17(15)27/h6-8,12H,9H2,1-5H3,(H,21,26)/t12-/m1/s1. The minimum Gasteiger partial charge on any atom is -0.348 e. The largest absolute Gasteiger partial charge is 0.348 e. The van der Waals surface area contributed by atoms with Crippen LogP contribution in [0.2, 0.25) is 5.28 Å². The maximum Gasteiger partial charge on any atom is 0.332 e. The minimum atomic E-state index is -0.549. The summed E-state index contributed by atoms with van der Waals surface area (Å²) in [4.78, 5) is 41.3. The van der Waals surface area contributed by atoms with Crippen LogP contribution in [-0.4, -0.2) is 24.6 Å². The van der Waals surface area contributed by atoms with E-state index in [-0.39, 0.29) is 34.9 Å². The van der Waals surface area contributed by atoms with Crippen molar-refractivity contribution < 1.29 is 4.79 Å². The highest BCUT2D eigenvalue weighted by atomic mass is 35.5. The lowest BCUT2D eigenvalue weighted by Crippen LogP contribution is -2.38. The van der Waals surface area contributed by atoms with Crippen LogP contribution in [0.5, 0.6) is 0 Å². The first-order valence-corrected chi connectivity index (χ1v) is 9.18. The molecule has 0 saturated carbocycles. The van der Waals surface area contributed by atoms with Crippen molar-refractivity contribution in [2.45, 2.75) is 33.4 Å². The summed E-state index contributed by atoms with van der Waals surface area (Å²) in [6, 6.07) is 5.80. The zero-order chi connectivity index (χ0) is 20.7. The highest BCUT2D eigenvalue weighted by Gasteiger charge is 2.20. The fraction of sp³-hybridized carbons (Fsp3) is 0.368. The number of nitrogens with one attached hydrogen (secondary N) is 1. The molecule has 1 aromatic carbocycles. The Morgan fingerprint density at radius 1 is 1.18 bits per heavy atom. The number of amides is 1. The van der Waals surface area contributed by atoms with Gasteiger partial charge in [-0.15, -0.1) is 0 Å². The second-order valence-corrected chi connectivity index (χ2v) is 7.32. The van der Waals surface area contributed by atoms with Crippen LogP contribution in [0.15, 0.2) is 27.8 Å². The molecule has 0 aliphatic carbocycles. The molecule has 3 rings (SSSR count). The number of hydrogen-bond acceptors (Lipinski definition) is 4. The minimum absolute atomic E-state index is 0.0257. The van der Waals surface area contributed by atoms with Crippen LogP contribution in [0, 0.1) is 13.8 Å². The number of carbonyl (C=O) groups excluding carboxylic acids is 1. The Bertz CT molecular complexity index is 1200. The molecule has 3 aromatic rings. The van der Waals surface area contributed by atoms with Gasteiger partial charge in [0, 0.05) is 14.1 Å². The molecule has 0 bridgehead atoms. The summed E-state index contributed by atoms with van der Waals surface area (Å²) in [5.74, 6) is -0.317. The normalized spacial score (nSPS) is 12.4. The number of hydrogen-bond donors (Lipinski definition) is 1. The molecule has 0 saturated heterocycles. The van der Waals surface area contributed by atoms with E-state index in [0.717, 1.165) is 15.7 Å². The van der Waals surface area contributed by atoms with Crippen molar-refractivity contribution >= 4 is 28.7 Å². The van der Waals surface area contributed by atoms with Crippen molar-refractivity contribution in [1.82, 2.24) is 24.0 Å². The van der Waals surface area contributed by atoms with Crippen LogP contribution < -0.4 is 16.6 Å². The maximum absolute atomic E-state index is 12.6. The number of aromatic nitrogens is 4. The van der Waals surface area contributed by atoms with Gasteiger partial charge in [0.2, 0.25) is 11.2 Å². The molecule has 8 nitrogen and oxygen atoms in total. The van der Waals surface area contributed by atoms with Gasteiger partial charge in [-0.2, -0.15) is 4.98 Å². The van der Waals surface area contributed by atoms with E-state index in [1.807, 2.05) is 39.0 Å². The topological polar surface area (TPSA) is 90.9 Å². The van der Waals surface area contributed by atoms with E-state index in [0.29, 0.717) is 0 Å². The predicted molar refractivity (Wildman–Crippen MR) is 108 cm³/mol. The molecule has 0 aliphatic heterocycles. The number of carbonyl (C=O) groups is 1. The van der Waals surface area contributed by atoms with Gasteiger partial charge in [0.25, 0.3) is 5.56 Å². The maximum atomic E-state index is 12.6. The van der Waals surface area contributed by atoms with Crippen molar-refractivity contribution in [3.8, 4) is 0 Å². The fourth-order valence-electron chi connectivity index (χ4n) is 3.11. The Morgan fingerprint density at radius 3 is 2.50 bits per heavy atom. The summed E-state index contributed by atoms with van der Waals surface area (Å²) in [5, 5.41) is 2.88. The predicted octanol–water partition coefficient (Wildman–Crippen LogP) is 1.58. The molecule has 2 aromatic heterocycles. The molecule has 9 heteroatoms. The monoisotopic (exact) mass is 403 g/mol. The second kappa shape index (κ2) is 7.27. The molecule has 1 atom stereocenters. The lowest BCUT2D eigenvalue weighted by molar-refractivity contribution is -0.122. The Labute approximate surface area is 166 Å². The molecular formula is C19H22ClN5O3. The van der Waals surface area contributed by atoms with E-state index in [1.54, 1.807) is 0 Å². The van der Waals surface area contributed by atoms with Gasteiger partial charge in [0.1, 0.15) is 6.54 Å². The van der Waals surface area contributed by atoms with Crippen LogP contribution >= 0.6 is 11.6 Å². The molecule has 0 fully saturated rings. The lowest BCUT2D eigenvalue weighted by Gasteiger charge is -2.16. The zero-order valence-corrected chi connectivity index (χ0v) is 17.2. The Balaban J connectivity index is 1.91.